The second-order valence-corrected chi connectivity index (χ2v) is 4.14. The molecule has 0 amide bonds. The van der Waals surface area contributed by atoms with Crippen molar-refractivity contribution < 1.29 is 19.0 Å². The normalized spacial score (nSPS) is 17.7. The molecular formula is C14H8O4. The van der Waals surface area contributed by atoms with Gasteiger partial charge in [0.05, 0.1) is 11.1 Å². The molecule has 0 radical (unpaired) electrons. The fraction of sp³-hybridized carbons (Fsp3) is 0.0714. The number of ether oxygens (including phenoxy) is 3. The maximum Gasteiger partial charge on any atom is 0.450 e. The van der Waals surface area contributed by atoms with Gasteiger partial charge < -0.3 is 14.2 Å². The highest BCUT2D eigenvalue weighted by Gasteiger charge is 2.55. The molecule has 2 aromatic rings. The summed E-state index contributed by atoms with van der Waals surface area (Å²) < 4.78 is 16.7. The van der Waals surface area contributed by atoms with Crippen molar-refractivity contribution in [1.82, 2.24) is 0 Å². The predicted molar refractivity (Wildman–Crippen MR) is 61.2 cm³/mol. The van der Waals surface area contributed by atoms with E-state index in [1.54, 1.807) is 30.3 Å². The van der Waals surface area contributed by atoms with Crippen molar-refractivity contribution in [3.63, 3.8) is 0 Å². The van der Waals surface area contributed by atoms with Crippen LogP contribution in [0.4, 0.5) is 0 Å². The molecule has 2 aliphatic rings. The lowest BCUT2D eigenvalue weighted by molar-refractivity contribution is -0.250. The molecule has 0 N–H and O–H groups in total. The zero-order valence-electron chi connectivity index (χ0n) is 9.25. The molecule has 0 atom stereocenters. The van der Waals surface area contributed by atoms with Crippen molar-refractivity contribution in [2.75, 3.05) is 0 Å². The Labute approximate surface area is 103 Å². The number of carbonyl (C=O) groups is 1. The number of benzene rings is 2. The molecular weight excluding hydrogens is 232 g/mol. The molecule has 0 saturated carbocycles. The summed E-state index contributed by atoms with van der Waals surface area (Å²) in [4.78, 5) is 11.8. The first-order valence-corrected chi connectivity index (χ1v) is 5.58. The third-order valence-corrected chi connectivity index (χ3v) is 3.04. The Morgan fingerprint density at radius 2 is 1.39 bits per heavy atom. The molecule has 0 bridgehead atoms. The van der Waals surface area contributed by atoms with Crippen LogP contribution < -0.4 is 9.47 Å². The Morgan fingerprint density at radius 3 is 2.11 bits per heavy atom. The first-order chi connectivity index (χ1) is 8.78. The lowest BCUT2D eigenvalue weighted by Crippen LogP contribution is -2.35. The fourth-order valence-corrected chi connectivity index (χ4v) is 2.24. The second kappa shape index (κ2) is 3.04. The third-order valence-electron chi connectivity index (χ3n) is 3.04. The molecule has 0 unspecified atom stereocenters. The standard InChI is InChI=1S/C14H8O4/c15-13-9-5-1-2-6-10(9)14(18-13)16-11-7-3-4-8-12(11)17-14/h1-8H. The smallest absolute Gasteiger partial charge is 0.413 e. The number of carbonyl (C=O) groups excluding carboxylic acids is 1. The van der Waals surface area contributed by atoms with Crippen LogP contribution in [-0.2, 0) is 10.7 Å². The largest absolute Gasteiger partial charge is 0.450 e. The molecule has 4 heteroatoms. The van der Waals surface area contributed by atoms with Gasteiger partial charge in [-0.05, 0) is 24.3 Å². The summed E-state index contributed by atoms with van der Waals surface area (Å²) in [5.41, 5.74) is 1.08. The Hall–Kier alpha value is -2.49. The van der Waals surface area contributed by atoms with Crippen LogP contribution >= 0.6 is 0 Å². The Kier molecular flexibility index (Phi) is 1.61. The second-order valence-electron chi connectivity index (χ2n) is 4.14. The minimum atomic E-state index is -1.45. The summed E-state index contributed by atoms with van der Waals surface area (Å²) in [6, 6.07) is 14.3. The zero-order valence-corrected chi connectivity index (χ0v) is 9.25. The van der Waals surface area contributed by atoms with Gasteiger partial charge in [0.2, 0.25) is 0 Å². The Bertz CT molecular complexity index is 637. The molecule has 4 nitrogen and oxygen atoms in total. The molecule has 1 spiro atoms. The lowest BCUT2D eigenvalue weighted by atomic mass is 10.1. The zero-order chi connectivity index (χ0) is 12.2. The van der Waals surface area contributed by atoms with E-state index < -0.39 is 11.9 Å². The molecule has 0 fully saturated rings. The average Bonchev–Trinajstić information content (AvgIpc) is 2.89. The molecule has 88 valence electrons. The molecule has 0 saturated heterocycles. The van der Waals surface area contributed by atoms with E-state index >= 15 is 0 Å². The van der Waals surface area contributed by atoms with Crippen molar-refractivity contribution in [2.24, 2.45) is 0 Å². The summed E-state index contributed by atoms with van der Waals surface area (Å²) in [6.45, 7) is 0. The summed E-state index contributed by atoms with van der Waals surface area (Å²) in [5.74, 6) is -0.736. The van der Waals surface area contributed by atoms with Gasteiger partial charge in [0.15, 0.2) is 11.5 Å². The van der Waals surface area contributed by atoms with E-state index in [1.807, 2.05) is 18.2 Å². The van der Waals surface area contributed by atoms with Crippen LogP contribution in [-0.4, -0.2) is 5.97 Å². The maximum atomic E-state index is 11.8. The number of hydrogen-bond acceptors (Lipinski definition) is 4. The molecule has 2 aliphatic heterocycles. The van der Waals surface area contributed by atoms with Crippen molar-refractivity contribution in [2.45, 2.75) is 5.97 Å². The number of hydrogen-bond donors (Lipinski definition) is 0. The summed E-state index contributed by atoms with van der Waals surface area (Å²) >= 11 is 0. The van der Waals surface area contributed by atoms with E-state index in [4.69, 9.17) is 14.2 Å². The average molecular weight is 240 g/mol. The topological polar surface area (TPSA) is 44.8 Å². The number of fused-ring (bicyclic) bond motifs is 3. The van der Waals surface area contributed by atoms with Gasteiger partial charge in [-0.2, -0.15) is 0 Å². The number of para-hydroxylation sites is 2. The van der Waals surface area contributed by atoms with Crippen LogP contribution in [0.25, 0.3) is 0 Å². The maximum absolute atomic E-state index is 11.8. The molecule has 2 heterocycles. The van der Waals surface area contributed by atoms with E-state index in [2.05, 4.69) is 0 Å². The Morgan fingerprint density at radius 1 is 0.778 bits per heavy atom. The van der Waals surface area contributed by atoms with Crippen LogP contribution in [0.1, 0.15) is 15.9 Å². The van der Waals surface area contributed by atoms with Crippen molar-refractivity contribution in [1.29, 1.82) is 0 Å². The van der Waals surface area contributed by atoms with Gasteiger partial charge in [-0.1, -0.05) is 24.3 Å². The van der Waals surface area contributed by atoms with Crippen molar-refractivity contribution in [3.05, 3.63) is 59.7 Å². The fourth-order valence-electron chi connectivity index (χ4n) is 2.24. The minimum absolute atomic E-state index is 0.432. The molecule has 0 aromatic heterocycles. The molecule has 0 aliphatic carbocycles. The lowest BCUT2D eigenvalue weighted by Gasteiger charge is -2.20. The van der Waals surface area contributed by atoms with Crippen LogP contribution in [0.2, 0.25) is 0 Å². The van der Waals surface area contributed by atoms with E-state index in [1.165, 1.54) is 0 Å². The van der Waals surface area contributed by atoms with Gasteiger partial charge in [0, 0.05) is 0 Å². The third kappa shape index (κ3) is 1.07. The van der Waals surface area contributed by atoms with Gasteiger partial charge in [0.25, 0.3) is 0 Å². The van der Waals surface area contributed by atoms with Crippen LogP contribution in [0.5, 0.6) is 11.5 Å². The highest BCUT2D eigenvalue weighted by molar-refractivity contribution is 5.94. The first kappa shape index (κ1) is 9.53. The summed E-state index contributed by atoms with van der Waals surface area (Å²) in [6.07, 6.45) is 0. The minimum Gasteiger partial charge on any atom is -0.413 e. The quantitative estimate of drug-likeness (QED) is 0.663. The van der Waals surface area contributed by atoms with Crippen LogP contribution in [0.15, 0.2) is 48.5 Å². The van der Waals surface area contributed by atoms with E-state index in [9.17, 15) is 4.79 Å². The first-order valence-electron chi connectivity index (χ1n) is 5.58. The number of esters is 1. The van der Waals surface area contributed by atoms with E-state index in [-0.39, 0.29) is 0 Å². The van der Waals surface area contributed by atoms with Gasteiger partial charge in [-0.25, -0.2) is 4.79 Å². The highest BCUT2D eigenvalue weighted by atomic mass is 16.9. The van der Waals surface area contributed by atoms with Gasteiger partial charge in [-0.3, -0.25) is 0 Å². The predicted octanol–water partition coefficient (Wildman–Crippen LogP) is 2.44. The van der Waals surface area contributed by atoms with E-state index in [0.717, 1.165) is 0 Å². The van der Waals surface area contributed by atoms with Gasteiger partial charge >= 0.3 is 11.9 Å². The van der Waals surface area contributed by atoms with Crippen LogP contribution in [0.3, 0.4) is 0 Å². The highest BCUT2D eigenvalue weighted by Crippen LogP contribution is 2.48. The molecule has 18 heavy (non-hydrogen) atoms. The summed E-state index contributed by atoms with van der Waals surface area (Å²) in [7, 11) is 0. The summed E-state index contributed by atoms with van der Waals surface area (Å²) in [5, 5.41) is 0. The van der Waals surface area contributed by atoms with Gasteiger partial charge in [0.1, 0.15) is 0 Å². The van der Waals surface area contributed by atoms with Crippen LogP contribution in [0, 0.1) is 0 Å². The molecule has 4 rings (SSSR count). The van der Waals surface area contributed by atoms with E-state index in [0.29, 0.717) is 22.6 Å². The SMILES string of the molecule is O=C1OC2(Oc3ccccc3O2)c2ccccc21. The van der Waals surface area contributed by atoms with Crippen molar-refractivity contribution in [3.8, 4) is 11.5 Å². The Balaban J connectivity index is 1.88. The van der Waals surface area contributed by atoms with Crippen molar-refractivity contribution >= 4 is 5.97 Å². The monoisotopic (exact) mass is 240 g/mol. The number of rotatable bonds is 0. The van der Waals surface area contributed by atoms with Gasteiger partial charge in [-0.15, -0.1) is 0 Å². The molecule has 2 aromatic carbocycles.